The molecule has 3 N–H and O–H groups in total. The second-order valence-corrected chi connectivity index (χ2v) is 15.8. The van der Waals surface area contributed by atoms with E-state index in [9.17, 15) is 28.6 Å². The Hall–Kier alpha value is -3.40. The maximum Gasteiger partial charge on any atom is 0.321 e. The number of ether oxygens (including phenoxy) is 1. The predicted molar refractivity (Wildman–Crippen MR) is 183 cm³/mol. The number of ketones is 1. The van der Waals surface area contributed by atoms with Gasteiger partial charge in [-0.1, -0.05) is 50.3 Å². The summed E-state index contributed by atoms with van der Waals surface area (Å²) < 4.78 is 33.9. The molecule has 0 heterocycles. The summed E-state index contributed by atoms with van der Waals surface area (Å²) in [5, 5.41) is 26.7. The number of methoxy groups -OCH3 is 1. The van der Waals surface area contributed by atoms with Crippen LogP contribution in [0.1, 0.15) is 75.6 Å². The zero-order valence-corrected chi connectivity index (χ0v) is 28.7. The first-order valence-corrected chi connectivity index (χ1v) is 17.8. The van der Waals surface area contributed by atoms with E-state index in [0.717, 1.165) is 25.0 Å². The first kappa shape index (κ1) is 34.1. The molecule has 262 valence electrons. The lowest BCUT2D eigenvalue weighted by atomic mass is 9.32. The van der Waals surface area contributed by atoms with Gasteiger partial charge in [-0.15, -0.1) is 0 Å². The largest absolute Gasteiger partial charge is 0.393 e. The third-order valence-corrected chi connectivity index (χ3v) is 13.7. The average molecular weight is 675 g/mol. The number of fused-ring (bicyclic) bond motifs is 1. The second kappa shape index (κ2) is 12.1. The molecule has 8 atom stereocenters. The molecule has 8 rings (SSSR count). The molecule has 2 aromatic carbocycles. The fraction of sp³-hybridized carbons (Fsp3) is 0.550. The molecule has 0 aliphatic heterocycles. The van der Waals surface area contributed by atoms with Gasteiger partial charge in [-0.3, -0.25) is 4.79 Å². The maximum atomic E-state index is 14.6. The van der Waals surface area contributed by atoms with Gasteiger partial charge >= 0.3 is 6.03 Å². The molecule has 6 aliphatic carbocycles. The molecule has 3 fully saturated rings. The van der Waals surface area contributed by atoms with E-state index in [1.54, 1.807) is 12.0 Å². The summed E-state index contributed by atoms with van der Waals surface area (Å²) in [6, 6.07) is 12.3. The van der Waals surface area contributed by atoms with Gasteiger partial charge < -0.3 is 25.2 Å². The molecule has 0 radical (unpaired) electrons. The van der Waals surface area contributed by atoms with Crippen LogP contribution in [0, 0.1) is 45.1 Å². The van der Waals surface area contributed by atoms with Crippen LogP contribution in [0.4, 0.5) is 19.3 Å². The number of carbonyl (C=O) groups is 2. The Morgan fingerprint density at radius 2 is 1.67 bits per heavy atom. The normalized spacial score (nSPS) is 37.1. The number of Topliss-reactive ketones (excluding diaryl/α,β-unsaturated/α-hetero) is 1. The number of hydrogen-bond acceptors (Lipinski definition) is 5. The van der Waals surface area contributed by atoms with E-state index in [-0.39, 0.29) is 41.2 Å². The molecule has 7 nitrogen and oxygen atoms in total. The van der Waals surface area contributed by atoms with Gasteiger partial charge in [0.15, 0.2) is 17.4 Å². The Balaban J connectivity index is 1.28. The minimum absolute atomic E-state index is 0.0476. The number of nitrogens with zero attached hydrogens (tertiary/aromatic N) is 1. The van der Waals surface area contributed by atoms with Gasteiger partial charge in [0.1, 0.15) is 0 Å². The van der Waals surface area contributed by atoms with Gasteiger partial charge in [-0.2, -0.15) is 0 Å². The molecule has 1 unspecified atom stereocenters. The summed E-state index contributed by atoms with van der Waals surface area (Å²) in [7, 11) is 1.62. The second-order valence-electron chi connectivity index (χ2n) is 15.8. The van der Waals surface area contributed by atoms with E-state index >= 15 is 0 Å². The van der Waals surface area contributed by atoms with Gasteiger partial charge in [0.2, 0.25) is 0 Å². The number of anilines is 1. The number of aliphatic hydroxyl groups excluding tert-OH is 1. The number of hydrogen-bond donors (Lipinski definition) is 3. The Kier molecular flexibility index (Phi) is 8.43. The Labute approximate surface area is 287 Å². The highest BCUT2D eigenvalue weighted by atomic mass is 19.2. The zero-order valence-electron chi connectivity index (χ0n) is 28.7. The van der Waals surface area contributed by atoms with Crippen molar-refractivity contribution in [2.75, 3.05) is 32.1 Å². The van der Waals surface area contributed by atoms with Gasteiger partial charge in [0, 0.05) is 53.3 Å². The van der Waals surface area contributed by atoms with Crippen LogP contribution in [0.25, 0.3) is 0 Å². The van der Waals surface area contributed by atoms with Crippen molar-refractivity contribution in [3.8, 4) is 0 Å². The number of rotatable bonds is 9. The summed E-state index contributed by atoms with van der Waals surface area (Å²) in [6.45, 7) is 5.40. The first-order chi connectivity index (χ1) is 23.3. The summed E-state index contributed by atoms with van der Waals surface area (Å²) >= 11 is 0. The molecule has 49 heavy (non-hydrogen) atoms. The molecule has 2 amide bonds. The molecule has 0 saturated heterocycles. The van der Waals surface area contributed by atoms with E-state index in [1.165, 1.54) is 6.07 Å². The van der Waals surface area contributed by atoms with E-state index in [2.05, 4.69) is 37.4 Å². The number of halogens is 2. The Morgan fingerprint density at radius 3 is 2.41 bits per heavy atom. The third kappa shape index (κ3) is 5.05. The van der Waals surface area contributed by atoms with Crippen molar-refractivity contribution in [1.29, 1.82) is 0 Å². The van der Waals surface area contributed by atoms with Crippen molar-refractivity contribution >= 4 is 17.5 Å². The third-order valence-electron chi connectivity index (χ3n) is 13.7. The van der Waals surface area contributed by atoms with Crippen LogP contribution < -0.4 is 5.32 Å². The summed E-state index contributed by atoms with van der Waals surface area (Å²) in [4.78, 5) is 30.1. The smallest absolute Gasteiger partial charge is 0.321 e. The number of benzene rings is 2. The lowest BCUT2D eigenvalue weighted by molar-refractivity contribution is -0.174. The number of aliphatic hydroxyl groups is 2. The average Bonchev–Trinajstić information content (AvgIpc) is 3.35. The van der Waals surface area contributed by atoms with Gasteiger partial charge in [0.25, 0.3) is 0 Å². The van der Waals surface area contributed by atoms with Crippen molar-refractivity contribution in [3.05, 3.63) is 89.5 Å². The number of para-hydroxylation sites is 1. The Morgan fingerprint density at radius 1 is 0.959 bits per heavy atom. The van der Waals surface area contributed by atoms with Crippen molar-refractivity contribution in [2.45, 2.75) is 76.9 Å². The summed E-state index contributed by atoms with van der Waals surface area (Å²) in [5.74, 6) is -2.52. The molecule has 0 aromatic heterocycles. The van der Waals surface area contributed by atoms with Gasteiger partial charge in [-0.05, 0) is 98.9 Å². The van der Waals surface area contributed by atoms with E-state index in [1.807, 2.05) is 30.3 Å². The van der Waals surface area contributed by atoms with Gasteiger partial charge in [-0.25, -0.2) is 13.6 Å². The van der Waals surface area contributed by atoms with Crippen molar-refractivity contribution < 1.29 is 33.3 Å². The maximum absolute atomic E-state index is 14.6. The fourth-order valence-electron chi connectivity index (χ4n) is 11.1. The number of carbonyl (C=O) groups excluding carboxylic acids is 2. The molecule has 9 heteroatoms. The minimum Gasteiger partial charge on any atom is -0.393 e. The van der Waals surface area contributed by atoms with Crippen molar-refractivity contribution in [1.82, 2.24) is 4.90 Å². The molecular weight excluding hydrogens is 626 g/mol. The highest BCUT2D eigenvalue weighted by Crippen LogP contribution is 2.78. The molecule has 2 aromatic rings. The number of amides is 2. The van der Waals surface area contributed by atoms with Crippen LogP contribution >= 0.6 is 0 Å². The summed E-state index contributed by atoms with van der Waals surface area (Å²) in [6.07, 6.45) is 11.1. The molecule has 2 spiro atoms. The number of nitrogens with one attached hydrogen (secondary N) is 1. The van der Waals surface area contributed by atoms with Crippen LogP contribution in [0.3, 0.4) is 0 Å². The first-order valence-electron chi connectivity index (χ1n) is 17.8. The van der Waals surface area contributed by atoms with Crippen LogP contribution in [0.5, 0.6) is 0 Å². The van der Waals surface area contributed by atoms with E-state index in [4.69, 9.17) is 4.74 Å². The summed E-state index contributed by atoms with van der Waals surface area (Å²) in [5.41, 5.74) is -2.13. The van der Waals surface area contributed by atoms with Crippen LogP contribution in [-0.2, 0) is 4.74 Å². The standard InChI is InChI=1S/C40H48F2N2O5/c1-36-15-12-28(45)23-38(36)18-19-40(29(24-38)34(46)26-10-11-30(41)31(42)22-26)32(36)13-16-37(2)33(40)14-17-39(37,48)25-44(20-7-21-49-3)35(47)43-27-8-5-4-6-9-27/h4-6,8-11,18-19,22,24,28,32-33,45,48H,7,12-17,20-21,23,25H2,1-3H3,(H,43,47)/t28?,32-,33-,36-,37+,38+,39-,40-/m1/s1. The van der Waals surface area contributed by atoms with Crippen LogP contribution in [0.15, 0.2) is 72.3 Å². The number of allylic oxidation sites excluding steroid dienone is 4. The quantitative estimate of drug-likeness (QED) is 0.147. The van der Waals surface area contributed by atoms with Crippen LogP contribution in [-0.4, -0.2) is 65.4 Å². The fourth-order valence-corrected chi connectivity index (χ4v) is 11.1. The highest BCUT2D eigenvalue weighted by Gasteiger charge is 2.74. The lowest BCUT2D eigenvalue weighted by Crippen LogP contribution is -2.67. The SMILES string of the molecule is COCCCN(C[C@]1(O)CC[C@H]2[C@]34C=C[C@@]5(C=C3C(=O)c3ccc(F)c(F)c3)CC(O)CC[C@]5(C)[C@H]4CC[C@@]21C)C(=O)Nc1ccccc1. The molecule has 6 aliphatic rings. The molecular formula is C40H48F2N2O5. The van der Waals surface area contributed by atoms with E-state index in [0.29, 0.717) is 62.9 Å². The molecule has 3 saturated carbocycles. The van der Waals surface area contributed by atoms with E-state index < -0.39 is 39.6 Å². The molecule has 2 bridgehead atoms. The highest BCUT2D eigenvalue weighted by molar-refractivity contribution is 6.10. The topological polar surface area (TPSA) is 99.1 Å². The monoisotopic (exact) mass is 674 g/mol. The minimum atomic E-state index is -1.25. The van der Waals surface area contributed by atoms with Crippen molar-refractivity contribution in [2.24, 2.45) is 33.5 Å². The Bertz CT molecular complexity index is 1700. The van der Waals surface area contributed by atoms with Gasteiger partial charge in [0.05, 0.1) is 18.2 Å². The number of urea groups is 1. The predicted octanol–water partition coefficient (Wildman–Crippen LogP) is 7.31. The lowest BCUT2D eigenvalue weighted by Gasteiger charge is -2.71. The zero-order chi connectivity index (χ0) is 34.8. The van der Waals surface area contributed by atoms with Crippen molar-refractivity contribution in [3.63, 3.8) is 0 Å². The van der Waals surface area contributed by atoms with Crippen LogP contribution in [0.2, 0.25) is 0 Å².